The van der Waals surface area contributed by atoms with Gasteiger partial charge in [0.2, 0.25) is 0 Å². The fourth-order valence-corrected chi connectivity index (χ4v) is 0.558. The predicted octanol–water partition coefficient (Wildman–Crippen LogP) is 1.22. The van der Waals surface area contributed by atoms with Gasteiger partial charge in [-0.3, -0.25) is 0 Å². The second-order valence-corrected chi connectivity index (χ2v) is 2.07. The van der Waals surface area contributed by atoms with Gasteiger partial charge in [0.1, 0.15) is 5.76 Å². The summed E-state index contributed by atoms with van der Waals surface area (Å²) in [5, 5.41) is 12.8. The quantitative estimate of drug-likeness (QED) is 0.533. The third-order valence-electron chi connectivity index (χ3n) is 1.18. The maximum absolute atomic E-state index is 10.2. The molecule has 0 radical (unpaired) electrons. The van der Waals surface area contributed by atoms with Crippen molar-refractivity contribution in [1.29, 1.82) is 0 Å². The Bertz CT molecular complexity index is 279. The van der Waals surface area contributed by atoms with Gasteiger partial charge >= 0.3 is 6.09 Å². The fraction of sp³-hybridized carbons (Fsp3) is 0.143. The minimum atomic E-state index is -1.11. The largest absolute Gasteiger partial charge is 0.464 e. The first-order valence-corrected chi connectivity index (χ1v) is 3.24. The average Bonchev–Trinajstić information content (AvgIpc) is 2.51. The number of hydrazone groups is 1. The molecule has 0 aliphatic heterocycles. The van der Waals surface area contributed by atoms with E-state index in [1.165, 1.54) is 19.5 Å². The highest BCUT2D eigenvalue weighted by molar-refractivity contribution is 5.77. The third kappa shape index (κ3) is 2.12. The van der Waals surface area contributed by atoms with Gasteiger partial charge in [0, 0.05) is 7.05 Å². The highest BCUT2D eigenvalue weighted by Crippen LogP contribution is 1.95. The summed E-state index contributed by atoms with van der Waals surface area (Å²) in [7, 11) is 1.34. The minimum Gasteiger partial charge on any atom is -0.464 e. The maximum Gasteiger partial charge on any atom is 0.427 e. The summed E-state index contributed by atoms with van der Waals surface area (Å²) in [6.45, 7) is 0. The molecular weight excluding hydrogens is 160 g/mol. The molecule has 1 N–H and O–H groups in total. The number of rotatable bonds is 2. The molecule has 5 heteroatoms. The van der Waals surface area contributed by atoms with Crippen LogP contribution in [0, 0.1) is 0 Å². The molecule has 0 spiro atoms. The summed E-state index contributed by atoms with van der Waals surface area (Å²) in [4.78, 5) is 10.2. The summed E-state index contributed by atoms with van der Waals surface area (Å²) in [6.07, 6.45) is 1.70. The van der Waals surface area contributed by atoms with Crippen molar-refractivity contribution in [2.45, 2.75) is 0 Å². The predicted molar refractivity (Wildman–Crippen MR) is 42.1 cm³/mol. The van der Waals surface area contributed by atoms with Crippen LogP contribution in [0.2, 0.25) is 0 Å². The number of furan rings is 1. The molecule has 0 bridgehead atoms. The monoisotopic (exact) mass is 168 g/mol. The van der Waals surface area contributed by atoms with E-state index >= 15 is 0 Å². The topological polar surface area (TPSA) is 66.0 Å². The highest BCUT2D eigenvalue weighted by atomic mass is 16.4. The van der Waals surface area contributed by atoms with Gasteiger partial charge < -0.3 is 9.52 Å². The summed E-state index contributed by atoms with van der Waals surface area (Å²) in [5.74, 6) is 0.517. The second kappa shape index (κ2) is 3.56. The molecule has 64 valence electrons. The molecule has 0 fully saturated rings. The van der Waals surface area contributed by atoms with Crippen molar-refractivity contribution in [1.82, 2.24) is 5.01 Å². The van der Waals surface area contributed by atoms with E-state index in [0.29, 0.717) is 5.76 Å². The van der Waals surface area contributed by atoms with Gasteiger partial charge in [-0.05, 0) is 12.1 Å². The zero-order chi connectivity index (χ0) is 8.97. The number of carboxylic acid groups (broad SMARTS) is 1. The van der Waals surface area contributed by atoms with Gasteiger partial charge in [-0.2, -0.15) is 5.10 Å². The number of amides is 1. The van der Waals surface area contributed by atoms with E-state index in [1.807, 2.05) is 0 Å². The van der Waals surface area contributed by atoms with Crippen LogP contribution < -0.4 is 0 Å². The molecule has 0 atom stereocenters. The number of hydrogen-bond donors (Lipinski definition) is 1. The van der Waals surface area contributed by atoms with Crippen LogP contribution in [0.4, 0.5) is 4.79 Å². The van der Waals surface area contributed by atoms with Crippen LogP contribution in [0.1, 0.15) is 5.76 Å². The van der Waals surface area contributed by atoms with Gasteiger partial charge in [-0.1, -0.05) is 0 Å². The molecule has 5 nitrogen and oxygen atoms in total. The van der Waals surface area contributed by atoms with Gasteiger partial charge in [0.05, 0.1) is 12.5 Å². The zero-order valence-corrected chi connectivity index (χ0v) is 6.47. The van der Waals surface area contributed by atoms with Crippen LogP contribution in [0.25, 0.3) is 0 Å². The summed E-state index contributed by atoms with van der Waals surface area (Å²) in [6, 6.07) is 3.38. The lowest BCUT2D eigenvalue weighted by atomic mass is 10.5. The van der Waals surface area contributed by atoms with Crippen LogP contribution in [0.5, 0.6) is 0 Å². The van der Waals surface area contributed by atoms with Crippen molar-refractivity contribution in [2.75, 3.05) is 7.05 Å². The van der Waals surface area contributed by atoms with E-state index in [2.05, 4.69) is 5.10 Å². The van der Waals surface area contributed by atoms with Crippen LogP contribution in [-0.4, -0.2) is 29.5 Å². The molecule has 0 aliphatic rings. The molecule has 0 aliphatic carbocycles. The molecule has 0 aromatic carbocycles. The van der Waals surface area contributed by atoms with E-state index in [0.717, 1.165) is 5.01 Å². The van der Waals surface area contributed by atoms with Gasteiger partial charge in [-0.15, -0.1) is 0 Å². The first-order valence-electron chi connectivity index (χ1n) is 3.24. The molecule has 1 aromatic rings. The Morgan fingerprint density at radius 3 is 3.08 bits per heavy atom. The Morgan fingerprint density at radius 2 is 2.58 bits per heavy atom. The van der Waals surface area contributed by atoms with Gasteiger partial charge in [0.25, 0.3) is 0 Å². The van der Waals surface area contributed by atoms with E-state index in [1.54, 1.807) is 12.1 Å². The minimum absolute atomic E-state index is 0.517. The first kappa shape index (κ1) is 8.32. The van der Waals surface area contributed by atoms with E-state index < -0.39 is 6.09 Å². The molecule has 12 heavy (non-hydrogen) atoms. The van der Waals surface area contributed by atoms with E-state index in [-0.39, 0.29) is 0 Å². The number of hydrogen-bond acceptors (Lipinski definition) is 3. The lowest BCUT2D eigenvalue weighted by Gasteiger charge is -2.02. The lowest BCUT2D eigenvalue weighted by molar-refractivity contribution is 0.158. The van der Waals surface area contributed by atoms with Crippen molar-refractivity contribution in [2.24, 2.45) is 5.10 Å². The van der Waals surface area contributed by atoms with Crippen molar-refractivity contribution in [3.05, 3.63) is 24.2 Å². The Hall–Kier alpha value is -1.78. The Balaban J connectivity index is 2.56. The van der Waals surface area contributed by atoms with Crippen molar-refractivity contribution in [3.63, 3.8) is 0 Å². The SMILES string of the molecule is CN(N=Cc1ccco1)C(=O)O. The average molecular weight is 168 g/mol. The second-order valence-electron chi connectivity index (χ2n) is 2.07. The van der Waals surface area contributed by atoms with E-state index in [4.69, 9.17) is 9.52 Å². The van der Waals surface area contributed by atoms with Crippen LogP contribution in [0.3, 0.4) is 0 Å². The standard InChI is InChI=1S/C7H8N2O3/c1-9(7(10)11)8-5-6-3-2-4-12-6/h2-5H,1H3,(H,10,11). The van der Waals surface area contributed by atoms with Gasteiger partial charge in [0.15, 0.2) is 0 Å². The summed E-state index contributed by atoms with van der Waals surface area (Å²) >= 11 is 0. The normalized spacial score (nSPS) is 10.4. The van der Waals surface area contributed by atoms with Crippen LogP contribution >= 0.6 is 0 Å². The molecule has 1 aromatic heterocycles. The number of nitrogens with zero attached hydrogens (tertiary/aromatic N) is 2. The van der Waals surface area contributed by atoms with Crippen LogP contribution in [0.15, 0.2) is 27.9 Å². The van der Waals surface area contributed by atoms with Gasteiger partial charge in [-0.25, -0.2) is 9.80 Å². The Morgan fingerprint density at radius 1 is 1.83 bits per heavy atom. The summed E-state index contributed by atoms with van der Waals surface area (Å²) < 4.78 is 4.89. The number of carbonyl (C=O) groups is 1. The van der Waals surface area contributed by atoms with Crippen molar-refractivity contribution < 1.29 is 14.3 Å². The summed E-state index contributed by atoms with van der Waals surface area (Å²) in [5.41, 5.74) is 0. The van der Waals surface area contributed by atoms with Crippen LogP contribution in [-0.2, 0) is 0 Å². The molecule has 0 saturated carbocycles. The third-order valence-corrected chi connectivity index (χ3v) is 1.18. The first-order chi connectivity index (χ1) is 5.70. The maximum atomic E-state index is 10.2. The van der Waals surface area contributed by atoms with E-state index in [9.17, 15) is 4.79 Å². The molecule has 0 unspecified atom stereocenters. The zero-order valence-electron chi connectivity index (χ0n) is 6.47. The fourth-order valence-electron chi connectivity index (χ4n) is 0.558. The Labute approximate surface area is 68.9 Å². The Kier molecular flexibility index (Phi) is 2.47. The molecule has 1 amide bonds. The van der Waals surface area contributed by atoms with Crippen molar-refractivity contribution >= 4 is 12.3 Å². The van der Waals surface area contributed by atoms with Crippen molar-refractivity contribution in [3.8, 4) is 0 Å². The smallest absolute Gasteiger partial charge is 0.427 e. The molecule has 1 rings (SSSR count). The lowest BCUT2D eigenvalue weighted by Crippen LogP contribution is -2.18. The molecule has 1 heterocycles. The molecule has 0 saturated heterocycles. The highest BCUT2D eigenvalue weighted by Gasteiger charge is 2.00. The molecular formula is C7H8N2O3.